The summed E-state index contributed by atoms with van der Waals surface area (Å²) in [5, 5.41) is 3.25. The molecule has 4 nitrogen and oxygen atoms in total. The monoisotopic (exact) mass is 225 g/mol. The van der Waals surface area contributed by atoms with Gasteiger partial charge in [-0.05, 0) is 26.2 Å². The number of fused-ring (bicyclic) bond motifs is 1. The van der Waals surface area contributed by atoms with Crippen molar-refractivity contribution < 1.29 is 14.3 Å². The normalized spacial score (nSPS) is 34.3. The smallest absolute Gasteiger partial charge is 0.323 e. The summed E-state index contributed by atoms with van der Waals surface area (Å²) in [6.45, 7) is 2.20. The van der Waals surface area contributed by atoms with E-state index in [0.29, 0.717) is 25.2 Å². The Bertz CT molecular complexity index is 290. The highest BCUT2D eigenvalue weighted by Crippen LogP contribution is 2.30. The zero-order chi connectivity index (χ0) is 11.5. The van der Waals surface area contributed by atoms with Gasteiger partial charge in [0, 0.05) is 18.4 Å². The third kappa shape index (κ3) is 2.26. The molecule has 1 saturated carbocycles. The van der Waals surface area contributed by atoms with Crippen LogP contribution in [0.2, 0.25) is 0 Å². The van der Waals surface area contributed by atoms with Crippen molar-refractivity contribution in [2.45, 2.75) is 51.1 Å². The van der Waals surface area contributed by atoms with Crippen LogP contribution in [0.3, 0.4) is 0 Å². The molecule has 16 heavy (non-hydrogen) atoms. The van der Waals surface area contributed by atoms with Crippen LogP contribution >= 0.6 is 0 Å². The van der Waals surface area contributed by atoms with Crippen LogP contribution in [0.15, 0.2) is 0 Å². The van der Waals surface area contributed by atoms with Crippen LogP contribution < -0.4 is 5.32 Å². The lowest BCUT2D eigenvalue weighted by Crippen LogP contribution is -2.37. The Hall–Kier alpha value is -0.900. The zero-order valence-corrected chi connectivity index (χ0v) is 9.70. The second-order valence-corrected chi connectivity index (χ2v) is 4.63. The predicted octanol–water partition coefficient (Wildman–Crippen LogP) is 1.04. The van der Waals surface area contributed by atoms with Crippen molar-refractivity contribution in [3.63, 3.8) is 0 Å². The van der Waals surface area contributed by atoms with Crippen molar-refractivity contribution >= 4 is 11.8 Å². The lowest BCUT2D eigenvalue weighted by molar-refractivity contribution is -0.145. The van der Waals surface area contributed by atoms with E-state index in [4.69, 9.17) is 4.74 Å². The van der Waals surface area contributed by atoms with E-state index in [2.05, 4.69) is 5.32 Å². The van der Waals surface area contributed by atoms with E-state index in [0.717, 1.165) is 19.3 Å². The molecule has 1 aliphatic carbocycles. The highest BCUT2D eigenvalue weighted by atomic mass is 16.5. The number of hydrogen-bond donors (Lipinski definition) is 1. The van der Waals surface area contributed by atoms with Crippen LogP contribution in [-0.4, -0.2) is 30.4 Å². The molecule has 0 amide bonds. The molecule has 0 radical (unpaired) electrons. The fraction of sp³-hybridized carbons (Fsp3) is 0.833. The van der Waals surface area contributed by atoms with E-state index in [1.165, 1.54) is 0 Å². The molecule has 4 heteroatoms. The minimum Gasteiger partial charge on any atom is -0.465 e. The van der Waals surface area contributed by atoms with Gasteiger partial charge in [-0.25, -0.2) is 0 Å². The van der Waals surface area contributed by atoms with Crippen molar-refractivity contribution in [1.82, 2.24) is 5.32 Å². The molecular formula is C12H19NO3. The van der Waals surface area contributed by atoms with E-state index < -0.39 is 0 Å². The third-order valence-electron chi connectivity index (χ3n) is 3.56. The SMILES string of the molecule is CCOC(=O)[C@@H]1C[C@@H]2C(=O)CCCC[C@H]2N1. The molecule has 2 fully saturated rings. The zero-order valence-electron chi connectivity index (χ0n) is 9.70. The van der Waals surface area contributed by atoms with Crippen molar-refractivity contribution in [1.29, 1.82) is 0 Å². The number of Topliss-reactive ketones (excluding diaryl/α,β-unsaturated/α-hetero) is 1. The van der Waals surface area contributed by atoms with Gasteiger partial charge in [-0.2, -0.15) is 0 Å². The average Bonchev–Trinajstić information content (AvgIpc) is 2.62. The van der Waals surface area contributed by atoms with Gasteiger partial charge in [0.25, 0.3) is 0 Å². The van der Waals surface area contributed by atoms with Gasteiger partial charge in [0.05, 0.1) is 6.61 Å². The van der Waals surface area contributed by atoms with Crippen LogP contribution in [0, 0.1) is 5.92 Å². The summed E-state index contributed by atoms with van der Waals surface area (Å²) in [5.41, 5.74) is 0. The third-order valence-corrected chi connectivity index (χ3v) is 3.56. The maximum atomic E-state index is 11.8. The summed E-state index contributed by atoms with van der Waals surface area (Å²) in [6, 6.07) is -0.0681. The Morgan fingerprint density at radius 1 is 1.50 bits per heavy atom. The molecule has 90 valence electrons. The van der Waals surface area contributed by atoms with Crippen LogP contribution in [0.5, 0.6) is 0 Å². The molecule has 1 aliphatic heterocycles. The molecule has 0 spiro atoms. The van der Waals surface area contributed by atoms with Crippen molar-refractivity contribution in [3.8, 4) is 0 Å². The molecule has 0 aromatic rings. The topological polar surface area (TPSA) is 55.4 Å². The first-order valence-electron chi connectivity index (χ1n) is 6.17. The molecule has 1 N–H and O–H groups in total. The van der Waals surface area contributed by atoms with Gasteiger partial charge in [0.1, 0.15) is 11.8 Å². The van der Waals surface area contributed by atoms with Gasteiger partial charge < -0.3 is 10.1 Å². The van der Waals surface area contributed by atoms with Crippen LogP contribution in [-0.2, 0) is 14.3 Å². The van der Waals surface area contributed by atoms with Gasteiger partial charge in [-0.15, -0.1) is 0 Å². The first-order valence-corrected chi connectivity index (χ1v) is 6.17. The number of rotatable bonds is 2. The fourth-order valence-corrected chi connectivity index (χ4v) is 2.76. The molecule has 2 aliphatic rings. The lowest BCUT2D eigenvalue weighted by atomic mass is 9.93. The molecule has 0 unspecified atom stereocenters. The van der Waals surface area contributed by atoms with Crippen LogP contribution in [0.4, 0.5) is 0 Å². The second kappa shape index (κ2) is 4.95. The Morgan fingerprint density at radius 3 is 3.06 bits per heavy atom. The first-order chi connectivity index (χ1) is 7.72. The maximum Gasteiger partial charge on any atom is 0.323 e. The average molecular weight is 225 g/mol. The maximum absolute atomic E-state index is 11.8. The highest BCUT2D eigenvalue weighted by Gasteiger charge is 2.41. The Balaban J connectivity index is 1.99. The Kier molecular flexibility index (Phi) is 3.59. The van der Waals surface area contributed by atoms with Gasteiger partial charge >= 0.3 is 5.97 Å². The standard InChI is InChI=1S/C12H19NO3/c1-2-16-12(15)10-7-8-9(13-10)5-3-4-6-11(8)14/h8-10,13H,2-7H2,1H3/t8-,9+,10-/m0/s1. The summed E-state index contributed by atoms with van der Waals surface area (Å²) < 4.78 is 4.99. The van der Waals surface area contributed by atoms with Crippen LogP contribution in [0.25, 0.3) is 0 Å². The van der Waals surface area contributed by atoms with Gasteiger partial charge in [-0.3, -0.25) is 9.59 Å². The van der Waals surface area contributed by atoms with Crippen molar-refractivity contribution in [3.05, 3.63) is 0 Å². The summed E-state index contributed by atoms with van der Waals surface area (Å²) in [5.74, 6) is 0.155. The molecule has 0 aromatic carbocycles. The van der Waals surface area contributed by atoms with E-state index in [-0.39, 0.29) is 24.0 Å². The summed E-state index contributed by atoms with van der Waals surface area (Å²) in [6.07, 6.45) is 4.39. The predicted molar refractivity (Wildman–Crippen MR) is 58.9 cm³/mol. The molecule has 0 aromatic heterocycles. The van der Waals surface area contributed by atoms with E-state index in [9.17, 15) is 9.59 Å². The van der Waals surface area contributed by atoms with Gasteiger partial charge in [-0.1, -0.05) is 6.42 Å². The minimum atomic E-state index is -0.267. The summed E-state index contributed by atoms with van der Waals surface area (Å²) >= 11 is 0. The fourth-order valence-electron chi connectivity index (χ4n) is 2.76. The summed E-state index contributed by atoms with van der Waals surface area (Å²) in [7, 11) is 0. The molecule has 0 bridgehead atoms. The Labute approximate surface area is 95.7 Å². The van der Waals surface area contributed by atoms with Gasteiger partial charge in [0.2, 0.25) is 0 Å². The van der Waals surface area contributed by atoms with E-state index >= 15 is 0 Å². The molecule has 3 atom stereocenters. The molecular weight excluding hydrogens is 206 g/mol. The number of ketones is 1. The number of carbonyl (C=O) groups excluding carboxylic acids is 2. The largest absolute Gasteiger partial charge is 0.465 e. The van der Waals surface area contributed by atoms with Crippen molar-refractivity contribution in [2.75, 3.05) is 6.61 Å². The Morgan fingerprint density at radius 2 is 2.31 bits per heavy atom. The molecule has 1 saturated heterocycles. The second-order valence-electron chi connectivity index (χ2n) is 4.63. The summed E-state index contributed by atoms with van der Waals surface area (Å²) in [4.78, 5) is 23.4. The molecule has 1 heterocycles. The quantitative estimate of drug-likeness (QED) is 0.713. The van der Waals surface area contributed by atoms with Gasteiger partial charge in [0.15, 0.2) is 0 Å². The lowest BCUT2D eigenvalue weighted by Gasteiger charge is -2.14. The highest BCUT2D eigenvalue weighted by molar-refractivity contribution is 5.85. The number of esters is 1. The van der Waals surface area contributed by atoms with Crippen LogP contribution in [0.1, 0.15) is 39.0 Å². The number of nitrogens with one attached hydrogen (secondary N) is 1. The number of hydrogen-bond acceptors (Lipinski definition) is 4. The number of carbonyl (C=O) groups is 2. The molecule has 2 rings (SSSR count). The van der Waals surface area contributed by atoms with E-state index in [1.807, 2.05) is 0 Å². The van der Waals surface area contributed by atoms with E-state index in [1.54, 1.807) is 6.92 Å². The minimum absolute atomic E-state index is 0.0388. The number of ether oxygens (including phenoxy) is 1. The van der Waals surface area contributed by atoms with Crippen molar-refractivity contribution in [2.24, 2.45) is 5.92 Å². The first kappa shape index (κ1) is 11.6.